The van der Waals surface area contributed by atoms with Crippen LogP contribution in [0.3, 0.4) is 0 Å². The van der Waals surface area contributed by atoms with Gasteiger partial charge < -0.3 is 5.32 Å². The SMILES string of the molecule is CN(C)S(=O)(=O)CCNC(=O)c1cc(Br)sc1Br. The van der Waals surface area contributed by atoms with Gasteiger partial charge in [-0.2, -0.15) is 0 Å². The maximum absolute atomic E-state index is 11.8. The van der Waals surface area contributed by atoms with Crippen LogP contribution in [0.15, 0.2) is 13.6 Å². The van der Waals surface area contributed by atoms with E-state index >= 15 is 0 Å². The molecule has 1 heterocycles. The topological polar surface area (TPSA) is 66.5 Å². The van der Waals surface area contributed by atoms with Crippen LogP contribution in [-0.4, -0.2) is 45.0 Å². The lowest BCUT2D eigenvalue weighted by Gasteiger charge is -2.11. The zero-order chi connectivity index (χ0) is 13.9. The summed E-state index contributed by atoms with van der Waals surface area (Å²) >= 11 is 7.94. The summed E-state index contributed by atoms with van der Waals surface area (Å²) in [6, 6.07) is 1.69. The van der Waals surface area contributed by atoms with Gasteiger partial charge in [-0.05, 0) is 37.9 Å². The molecule has 0 aromatic carbocycles. The summed E-state index contributed by atoms with van der Waals surface area (Å²) in [7, 11) is -0.357. The summed E-state index contributed by atoms with van der Waals surface area (Å²) in [4.78, 5) is 11.8. The molecule has 0 aliphatic carbocycles. The standard InChI is InChI=1S/C9H12Br2N2O3S2/c1-13(2)18(15,16)4-3-12-9(14)6-5-7(10)17-8(6)11/h5H,3-4H2,1-2H3,(H,12,14). The minimum absolute atomic E-state index is 0.0826. The number of hydrogen-bond acceptors (Lipinski definition) is 4. The van der Waals surface area contributed by atoms with Crippen molar-refractivity contribution in [2.45, 2.75) is 0 Å². The largest absolute Gasteiger partial charge is 0.351 e. The predicted molar refractivity (Wildman–Crippen MR) is 79.5 cm³/mol. The Hall–Kier alpha value is 0.0400. The highest BCUT2D eigenvalue weighted by Crippen LogP contribution is 2.31. The van der Waals surface area contributed by atoms with Crippen LogP contribution < -0.4 is 5.32 Å². The lowest BCUT2D eigenvalue weighted by molar-refractivity contribution is 0.0956. The molecule has 0 aliphatic rings. The number of amides is 1. The van der Waals surface area contributed by atoms with E-state index in [1.165, 1.54) is 25.4 Å². The molecular formula is C9H12Br2N2O3S2. The molecule has 1 aromatic rings. The van der Waals surface area contributed by atoms with Crippen molar-refractivity contribution in [1.29, 1.82) is 0 Å². The lowest BCUT2D eigenvalue weighted by Crippen LogP contribution is -2.33. The van der Waals surface area contributed by atoms with Crippen LogP contribution in [0.1, 0.15) is 10.4 Å². The Morgan fingerprint density at radius 2 is 2.06 bits per heavy atom. The Morgan fingerprint density at radius 3 is 2.50 bits per heavy atom. The van der Waals surface area contributed by atoms with Gasteiger partial charge in [0.25, 0.3) is 5.91 Å². The van der Waals surface area contributed by atoms with Crippen LogP contribution in [-0.2, 0) is 10.0 Å². The van der Waals surface area contributed by atoms with E-state index in [1.54, 1.807) is 6.07 Å². The van der Waals surface area contributed by atoms with Crippen molar-refractivity contribution in [3.8, 4) is 0 Å². The van der Waals surface area contributed by atoms with E-state index in [2.05, 4.69) is 37.2 Å². The zero-order valence-corrected chi connectivity index (χ0v) is 14.5. The molecular weight excluding hydrogens is 408 g/mol. The Kier molecular flexibility index (Phi) is 5.78. The lowest BCUT2D eigenvalue weighted by atomic mass is 10.3. The molecule has 0 radical (unpaired) electrons. The second kappa shape index (κ2) is 6.47. The molecule has 0 saturated carbocycles. The molecule has 0 saturated heterocycles. The van der Waals surface area contributed by atoms with Gasteiger partial charge in [-0.15, -0.1) is 11.3 Å². The maximum Gasteiger partial charge on any atom is 0.253 e. The van der Waals surface area contributed by atoms with Gasteiger partial charge in [-0.25, -0.2) is 12.7 Å². The molecule has 0 aliphatic heterocycles. The minimum atomic E-state index is -3.28. The zero-order valence-electron chi connectivity index (χ0n) is 9.74. The second-order valence-corrected chi connectivity index (χ2v) is 9.64. The van der Waals surface area contributed by atoms with Gasteiger partial charge in [0.05, 0.1) is 18.9 Å². The number of halogens is 2. The van der Waals surface area contributed by atoms with Gasteiger partial charge in [0.15, 0.2) is 0 Å². The van der Waals surface area contributed by atoms with E-state index in [0.717, 1.165) is 8.09 Å². The Balaban J connectivity index is 2.56. The summed E-state index contributed by atoms with van der Waals surface area (Å²) in [5.41, 5.74) is 0.495. The monoisotopic (exact) mass is 418 g/mol. The number of nitrogens with one attached hydrogen (secondary N) is 1. The Morgan fingerprint density at radius 1 is 1.44 bits per heavy atom. The molecule has 0 atom stereocenters. The van der Waals surface area contributed by atoms with Crippen molar-refractivity contribution in [2.24, 2.45) is 0 Å². The van der Waals surface area contributed by atoms with Crippen LogP contribution in [0, 0.1) is 0 Å². The molecule has 5 nitrogen and oxygen atoms in total. The van der Waals surface area contributed by atoms with E-state index < -0.39 is 10.0 Å². The number of rotatable bonds is 5. The molecule has 0 unspecified atom stereocenters. The number of sulfonamides is 1. The van der Waals surface area contributed by atoms with Gasteiger partial charge in [0, 0.05) is 20.6 Å². The molecule has 0 spiro atoms. The highest BCUT2D eigenvalue weighted by atomic mass is 79.9. The van der Waals surface area contributed by atoms with Gasteiger partial charge in [0.2, 0.25) is 10.0 Å². The Labute approximate surface area is 127 Å². The maximum atomic E-state index is 11.8. The minimum Gasteiger partial charge on any atom is -0.351 e. The van der Waals surface area contributed by atoms with Crippen molar-refractivity contribution in [3.63, 3.8) is 0 Å². The van der Waals surface area contributed by atoms with Crippen LogP contribution in [0.5, 0.6) is 0 Å². The normalized spacial score (nSPS) is 11.8. The fourth-order valence-electron chi connectivity index (χ4n) is 1.07. The van der Waals surface area contributed by atoms with Crippen molar-refractivity contribution < 1.29 is 13.2 Å². The number of carbonyl (C=O) groups is 1. The first kappa shape index (κ1) is 16.1. The molecule has 9 heteroatoms. The first-order chi connectivity index (χ1) is 8.24. The molecule has 102 valence electrons. The van der Waals surface area contributed by atoms with E-state index in [9.17, 15) is 13.2 Å². The number of thiophene rings is 1. The summed E-state index contributed by atoms with van der Waals surface area (Å²) in [5.74, 6) is -0.410. The number of nitrogens with zero attached hydrogens (tertiary/aromatic N) is 1. The van der Waals surface area contributed by atoms with Crippen LogP contribution >= 0.6 is 43.2 Å². The van der Waals surface area contributed by atoms with Gasteiger partial charge in [-0.3, -0.25) is 4.79 Å². The highest BCUT2D eigenvalue weighted by molar-refractivity contribution is 9.12. The van der Waals surface area contributed by atoms with Gasteiger partial charge in [0.1, 0.15) is 0 Å². The summed E-state index contributed by atoms with van der Waals surface area (Å²) in [5, 5.41) is 2.58. The molecule has 1 aromatic heterocycles. The number of hydrogen-bond donors (Lipinski definition) is 1. The van der Waals surface area contributed by atoms with Crippen molar-refractivity contribution >= 4 is 59.1 Å². The van der Waals surface area contributed by atoms with Crippen molar-refractivity contribution in [3.05, 3.63) is 19.2 Å². The average Bonchev–Trinajstić information content (AvgIpc) is 2.57. The summed E-state index contributed by atoms with van der Waals surface area (Å²) in [6.07, 6.45) is 0. The quantitative estimate of drug-likeness (QED) is 0.792. The van der Waals surface area contributed by atoms with E-state index in [0.29, 0.717) is 9.35 Å². The van der Waals surface area contributed by atoms with Crippen LogP contribution in [0.4, 0.5) is 0 Å². The molecule has 18 heavy (non-hydrogen) atoms. The Bertz CT molecular complexity index is 540. The average molecular weight is 420 g/mol. The second-order valence-electron chi connectivity index (χ2n) is 3.59. The van der Waals surface area contributed by atoms with Crippen molar-refractivity contribution in [2.75, 3.05) is 26.4 Å². The first-order valence-corrected chi connectivity index (χ1v) is 8.88. The molecule has 0 fully saturated rings. The molecule has 1 amide bonds. The first-order valence-electron chi connectivity index (χ1n) is 4.87. The molecule has 1 N–H and O–H groups in total. The van der Waals surface area contributed by atoms with E-state index in [1.807, 2.05) is 0 Å². The fraction of sp³-hybridized carbons (Fsp3) is 0.444. The molecule has 1 rings (SSSR count). The molecule has 0 bridgehead atoms. The van der Waals surface area contributed by atoms with Crippen LogP contribution in [0.25, 0.3) is 0 Å². The van der Waals surface area contributed by atoms with E-state index in [-0.39, 0.29) is 18.2 Å². The third-order valence-corrected chi connectivity index (χ3v) is 6.28. The highest BCUT2D eigenvalue weighted by Gasteiger charge is 2.16. The van der Waals surface area contributed by atoms with Gasteiger partial charge >= 0.3 is 0 Å². The smallest absolute Gasteiger partial charge is 0.253 e. The summed E-state index contributed by atoms with van der Waals surface area (Å²) < 4.78 is 25.6. The summed E-state index contributed by atoms with van der Waals surface area (Å²) in [6.45, 7) is 0.0826. The third-order valence-electron chi connectivity index (χ3n) is 2.10. The predicted octanol–water partition coefficient (Wildman–Crippen LogP) is 1.89. The van der Waals surface area contributed by atoms with Crippen LogP contribution in [0.2, 0.25) is 0 Å². The third kappa shape index (κ3) is 4.30. The van der Waals surface area contributed by atoms with Gasteiger partial charge in [-0.1, -0.05) is 0 Å². The van der Waals surface area contributed by atoms with Crippen molar-refractivity contribution in [1.82, 2.24) is 9.62 Å². The fourth-order valence-corrected chi connectivity index (χ4v) is 4.59. The number of carbonyl (C=O) groups excluding carboxylic acids is 1. The van der Waals surface area contributed by atoms with E-state index in [4.69, 9.17) is 0 Å².